The van der Waals surface area contributed by atoms with Gasteiger partial charge in [-0.05, 0) is 6.92 Å². The molecule has 7 heteroatoms. The molecular formula is C8H11ClN4O2. The summed E-state index contributed by atoms with van der Waals surface area (Å²) in [6.45, 7) is 1.80. The van der Waals surface area contributed by atoms with Crippen LogP contribution in [0.15, 0.2) is 6.07 Å². The molecule has 82 valence electrons. The van der Waals surface area contributed by atoms with Crippen molar-refractivity contribution in [2.75, 3.05) is 11.2 Å². The SMILES string of the molecule is Cc1cc(NC(=O)NC(=O)CCl)n(C)n1. The van der Waals surface area contributed by atoms with E-state index in [0.717, 1.165) is 5.69 Å². The van der Waals surface area contributed by atoms with Crippen LogP contribution in [0.3, 0.4) is 0 Å². The molecule has 1 aromatic rings. The minimum absolute atomic E-state index is 0.252. The van der Waals surface area contributed by atoms with Crippen molar-refractivity contribution in [3.05, 3.63) is 11.8 Å². The summed E-state index contributed by atoms with van der Waals surface area (Å²) >= 11 is 5.22. The lowest BCUT2D eigenvalue weighted by Crippen LogP contribution is -2.35. The second-order valence-corrected chi connectivity index (χ2v) is 3.20. The van der Waals surface area contributed by atoms with E-state index in [1.54, 1.807) is 20.0 Å². The number of amides is 3. The normalized spacial score (nSPS) is 9.80. The maximum Gasteiger partial charge on any atom is 0.327 e. The van der Waals surface area contributed by atoms with Crippen LogP contribution in [0, 0.1) is 6.92 Å². The van der Waals surface area contributed by atoms with Gasteiger partial charge in [0, 0.05) is 13.1 Å². The topological polar surface area (TPSA) is 76.0 Å². The fraction of sp³-hybridized carbons (Fsp3) is 0.375. The van der Waals surface area contributed by atoms with Crippen LogP contribution in [0.1, 0.15) is 5.69 Å². The van der Waals surface area contributed by atoms with Gasteiger partial charge in [0.15, 0.2) is 0 Å². The zero-order valence-corrected chi connectivity index (χ0v) is 9.13. The Bertz CT molecular complexity index is 388. The van der Waals surface area contributed by atoms with Crippen LogP contribution in [-0.2, 0) is 11.8 Å². The molecule has 1 rings (SSSR count). The van der Waals surface area contributed by atoms with Crippen molar-refractivity contribution in [2.45, 2.75) is 6.92 Å². The zero-order chi connectivity index (χ0) is 11.4. The third-order valence-electron chi connectivity index (χ3n) is 1.62. The predicted octanol–water partition coefficient (Wildman–Crippen LogP) is 0.615. The Morgan fingerprint density at radius 1 is 1.60 bits per heavy atom. The smallest absolute Gasteiger partial charge is 0.292 e. The molecule has 6 nitrogen and oxygen atoms in total. The van der Waals surface area contributed by atoms with Crippen molar-refractivity contribution >= 4 is 29.4 Å². The quantitative estimate of drug-likeness (QED) is 0.731. The molecule has 1 aromatic heterocycles. The number of nitrogens with zero attached hydrogens (tertiary/aromatic N) is 2. The Hall–Kier alpha value is -1.56. The monoisotopic (exact) mass is 230 g/mol. The summed E-state index contributed by atoms with van der Waals surface area (Å²) in [5.74, 6) is -0.293. The lowest BCUT2D eigenvalue weighted by Gasteiger charge is -2.04. The van der Waals surface area contributed by atoms with Crippen molar-refractivity contribution < 1.29 is 9.59 Å². The van der Waals surface area contributed by atoms with Gasteiger partial charge in [0.05, 0.1) is 5.69 Å². The molecule has 0 bridgehead atoms. The Morgan fingerprint density at radius 3 is 2.73 bits per heavy atom. The van der Waals surface area contributed by atoms with Crippen molar-refractivity contribution in [1.29, 1.82) is 0 Å². The van der Waals surface area contributed by atoms with E-state index in [-0.39, 0.29) is 5.88 Å². The number of hydrogen-bond donors (Lipinski definition) is 2. The first-order valence-electron chi connectivity index (χ1n) is 4.20. The second kappa shape index (κ2) is 4.79. The largest absolute Gasteiger partial charge is 0.327 e. The highest BCUT2D eigenvalue weighted by Crippen LogP contribution is 2.07. The molecular weight excluding hydrogens is 220 g/mol. The van der Waals surface area contributed by atoms with E-state index < -0.39 is 11.9 Å². The number of aryl methyl sites for hydroxylation is 2. The number of carbonyl (C=O) groups is 2. The average Bonchev–Trinajstić information content (AvgIpc) is 2.44. The lowest BCUT2D eigenvalue weighted by molar-refractivity contribution is -0.117. The predicted molar refractivity (Wildman–Crippen MR) is 55.8 cm³/mol. The average molecular weight is 231 g/mol. The molecule has 0 spiro atoms. The molecule has 0 saturated heterocycles. The van der Waals surface area contributed by atoms with E-state index in [1.165, 1.54) is 4.68 Å². The summed E-state index contributed by atoms with van der Waals surface area (Å²) in [5, 5.41) is 8.55. The standard InChI is InChI=1S/C8H11ClN4O2/c1-5-3-6(13(2)12-5)10-8(15)11-7(14)4-9/h3H,4H2,1-2H3,(H2,10,11,14,15). The molecule has 0 aliphatic rings. The fourth-order valence-electron chi connectivity index (χ4n) is 1.04. The zero-order valence-electron chi connectivity index (χ0n) is 8.37. The van der Waals surface area contributed by atoms with Crippen molar-refractivity contribution in [3.63, 3.8) is 0 Å². The maximum absolute atomic E-state index is 11.2. The Kier molecular flexibility index (Phi) is 3.68. The highest BCUT2D eigenvalue weighted by atomic mass is 35.5. The molecule has 1 heterocycles. The first-order valence-corrected chi connectivity index (χ1v) is 4.74. The van der Waals surface area contributed by atoms with Gasteiger partial charge in [-0.2, -0.15) is 5.10 Å². The van der Waals surface area contributed by atoms with Gasteiger partial charge in [-0.1, -0.05) is 0 Å². The highest BCUT2D eigenvalue weighted by molar-refractivity contribution is 6.28. The summed E-state index contributed by atoms with van der Waals surface area (Å²) in [7, 11) is 1.69. The van der Waals surface area contributed by atoms with Crippen molar-refractivity contribution in [1.82, 2.24) is 15.1 Å². The van der Waals surface area contributed by atoms with E-state index >= 15 is 0 Å². The number of urea groups is 1. The maximum atomic E-state index is 11.2. The molecule has 0 aliphatic heterocycles. The second-order valence-electron chi connectivity index (χ2n) is 2.93. The molecule has 0 aliphatic carbocycles. The van der Waals surface area contributed by atoms with Gasteiger partial charge in [-0.25, -0.2) is 4.79 Å². The third kappa shape index (κ3) is 3.25. The molecule has 0 unspecified atom stereocenters. The van der Waals surface area contributed by atoms with E-state index in [4.69, 9.17) is 11.6 Å². The van der Waals surface area contributed by atoms with E-state index in [1.807, 2.05) is 0 Å². The third-order valence-corrected chi connectivity index (χ3v) is 1.86. The summed E-state index contributed by atoms with van der Waals surface area (Å²) in [6.07, 6.45) is 0. The van der Waals surface area contributed by atoms with Crippen LogP contribution in [0.5, 0.6) is 0 Å². The number of carbonyl (C=O) groups excluding carboxylic acids is 2. The van der Waals surface area contributed by atoms with E-state index in [2.05, 4.69) is 15.7 Å². The first-order chi connectivity index (χ1) is 7.02. The molecule has 0 fully saturated rings. The van der Waals surface area contributed by atoms with Gasteiger partial charge in [0.25, 0.3) is 0 Å². The number of rotatable bonds is 2. The molecule has 0 aromatic carbocycles. The summed E-state index contributed by atoms with van der Waals surface area (Å²) in [6, 6.07) is 1.06. The number of imide groups is 1. The van der Waals surface area contributed by atoms with Gasteiger partial charge in [0.1, 0.15) is 11.7 Å². The molecule has 2 N–H and O–H groups in total. The minimum atomic E-state index is -0.622. The number of anilines is 1. The number of aromatic nitrogens is 2. The highest BCUT2D eigenvalue weighted by Gasteiger charge is 2.09. The molecule has 15 heavy (non-hydrogen) atoms. The van der Waals surface area contributed by atoms with Gasteiger partial charge in [0.2, 0.25) is 5.91 Å². The Labute approximate surface area is 91.6 Å². The van der Waals surface area contributed by atoms with Crippen LogP contribution in [0.25, 0.3) is 0 Å². The van der Waals surface area contributed by atoms with Crippen LogP contribution in [0.2, 0.25) is 0 Å². The van der Waals surface area contributed by atoms with Gasteiger partial charge < -0.3 is 0 Å². The molecule has 0 saturated carbocycles. The number of nitrogens with one attached hydrogen (secondary N) is 2. The van der Waals surface area contributed by atoms with Crippen LogP contribution < -0.4 is 10.6 Å². The molecule has 3 amide bonds. The first kappa shape index (κ1) is 11.5. The summed E-state index contributed by atoms with van der Waals surface area (Å²) in [5.41, 5.74) is 0.775. The summed E-state index contributed by atoms with van der Waals surface area (Å²) in [4.78, 5) is 22.0. The summed E-state index contributed by atoms with van der Waals surface area (Å²) < 4.78 is 1.50. The Balaban J connectivity index is 2.58. The number of hydrogen-bond acceptors (Lipinski definition) is 3. The van der Waals surface area contributed by atoms with E-state index in [9.17, 15) is 9.59 Å². The van der Waals surface area contributed by atoms with E-state index in [0.29, 0.717) is 5.82 Å². The van der Waals surface area contributed by atoms with Crippen LogP contribution >= 0.6 is 11.6 Å². The van der Waals surface area contributed by atoms with Crippen LogP contribution in [0.4, 0.5) is 10.6 Å². The van der Waals surface area contributed by atoms with Crippen molar-refractivity contribution in [2.24, 2.45) is 7.05 Å². The van der Waals surface area contributed by atoms with Gasteiger partial charge >= 0.3 is 6.03 Å². The van der Waals surface area contributed by atoms with Crippen molar-refractivity contribution in [3.8, 4) is 0 Å². The molecule has 0 radical (unpaired) electrons. The van der Waals surface area contributed by atoms with Crippen LogP contribution in [-0.4, -0.2) is 27.6 Å². The molecule has 0 atom stereocenters. The lowest BCUT2D eigenvalue weighted by atomic mass is 10.5. The Morgan fingerprint density at radius 2 is 2.27 bits per heavy atom. The van der Waals surface area contributed by atoms with Gasteiger partial charge in [-0.15, -0.1) is 11.6 Å². The number of halogens is 1. The fourth-order valence-corrected chi connectivity index (χ4v) is 1.10. The minimum Gasteiger partial charge on any atom is -0.292 e. The number of alkyl halides is 1. The van der Waals surface area contributed by atoms with Gasteiger partial charge in [-0.3, -0.25) is 20.1 Å².